The number of piperidine rings is 1. The van der Waals surface area contributed by atoms with E-state index in [1.54, 1.807) is 24.3 Å². The van der Waals surface area contributed by atoms with Gasteiger partial charge in [0.15, 0.2) is 6.10 Å². The molecule has 0 bridgehead atoms. The SMILES string of the molecule is C[C@@H]1CCN2C(=O)[C@H](OCc3ccccc3)[C@@H](OCc3ccccc3)[C@@]2(O)C1(F)F. The normalized spacial score (nSPS) is 30.3. The van der Waals surface area contributed by atoms with Crippen molar-refractivity contribution >= 4 is 5.91 Å². The molecular formula is C23H25F2NO4. The number of ether oxygens (including phenoxy) is 2. The van der Waals surface area contributed by atoms with Gasteiger partial charge in [0.25, 0.3) is 11.8 Å². The third-order valence-corrected chi connectivity index (χ3v) is 6.03. The van der Waals surface area contributed by atoms with Gasteiger partial charge in [-0.1, -0.05) is 67.6 Å². The van der Waals surface area contributed by atoms with E-state index in [4.69, 9.17) is 9.47 Å². The van der Waals surface area contributed by atoms with Crippen LogP contribution in [0, 0.1) is 5.92 Å². The number of rotatable bonds is 6. The van der Waals surface area contributed by atoms with Crippen LogP contribution in [0.1, 0.15) is 24.5 Å². The van der Waals surface area contributed by atoms with Gasteiger partial charge >= 0.3 is 0 Å². The van der Waals surface area contributed by atoms with Crippen LogP contribution in [-0.2, 0) is 27.5 Å². The van der Waals surface area contributed by atoms with Crippen LogP contribution in [0.15, 0.2) is 60.7 Å². The third-order valence-electron chi connectivity index (χ3n) is 6.03. The van der Waals surface area contributed by atoms with Crippen molar-refractivity contribution in [3.05, 3.63) is 71.8 Å². The molecule has 2 aliphatic heterocycles. The molecule has 0 saturated carbocycles. The monoisotopic (exact) mass is 417 g/mol. The molecule has 7 heteroatoms. The minimum absolute atomic E-state index is 0.0232. The summed E-state index contributed by atoms with van der Waals surface area (Å²) < 4.78 is 42.1. The average molecular weight is 417 g/mol. The zero-order valence-electron chi connectivity index (χ0n) is 16.7. The van der Waals surface area contributed by atoms with Crippen molar-refractivity contribution in [3.8, 4) is 0 Å². The van der Waals surface area contributed by atoms with Crippen molar-refractivity contribution in [1.29, 1.82) is 0 Å². The van der Waals surface area contributed by atoms with E-state index in [9.17, 15) is 9.90 Å². The zero-order chi connectivity index (χ0) is 21.4. The number of aliphatic hydroxyl groups is 1. The lowest BCUT2D eigenvalue weighted by atomic mass is 9.83. The standard InChI is InChI=1S/C23H25F2NO4/c1-16-12-13-26-21(27)19(29-14-17-8-4-2-5-9-17)20(23(26,28)22(16,24)25)30-15-18-10-6-3-7-11-18/h2-11,16,19-20,28H,12-15H2,1H3/t16-,19-,20-,23-/m1/s1. The highest BCUT2D eigenvalue weighted by Gasteiger charge is 2.74. The summed E-state index contributed by atoms with van der Waals surface area (Å²) in [7, 11) is 0. The van der Waals surface area contributed by atoms with Crippen molar-refractivity contribution in [2.24, 2.45) is 5.92 Å². The maximum absolute atomic E-state index is 15.2. The van der Waals surface area contributed by atoms with E-state index in [2.05, 4.69) is 0 Å². The van der Waals surface area contributed by atoms with Gasteiger partial charge in [0, 0.05) is 12.5 Å². The number of hydrogen-bond acceptors (Lipinski definition) is 4. The Balaban J connectivity index is 1.63. The van der Waals surface area contributed by atoms with Gasteiger partial charge in [-0.25, -0.2) is 8.78 Å². The molecule has 2 aromatic rings. The number of nitrogens with zero attached hydrogens (tertiary/aromatic N) is 1. The highest BCUT2D eigenvalue weighted by molar-refractivity contribution is 5.86. The quantitative estimate of drug-likeness (QED) is 0.783. The highest BCUT2D eigenvalue weighted by atomic mass is 19.3. The molecule has 30 heavy (non-hydrogen) atoms. The van der Waals surface area contributed by atoms with Crippen LogP contribution < -0.4 is 0 Å². The summed E-state index contributed by atoms with van der Waals surface area (Å²) in [6.45, 7) is 1.44. The molecule has 0 radical (unpaired) electrons. The van der Waals surface area contributed by atoms with Crippen LogP contribution in [0.2, 0.25) is 0 Å². The first-order valence-corrected chi connectivity index (χ1v) is 10.1. The Kier molecular flexibility index (Phi) is 5.61. The largest absolute Gasteiger partial charge is 0.365 e. The fraction of sp³-hybridized carbons (Fsp3) is 0.435. The zero-order valence-corrected chi connectivity index (χ0v) is 16.7. The van der Waals surface area contributed by atoms with Crippen LogP contribution >= 0.6 is 0 Å². The Bertz CT molecular complexity index is 879. The summed E-state index contributed by atoms with van der Waals surface area (Å²) in [5, 5.41) is 11.2. The van der Waals surface area contributed by atoms with E-state index in [-0.39, 0.29) is 26.2 Å². The van der Waals surface area contributed by atoms with Gasteiger partial charge in [-0.05, 0) is 17.5 Å². The summed E-state index contributed by atoms with van der Waals surface area (Å²) in [5.74, 6) is -5.30. The predicted molar refractivity (Wildman–Crippen MR) is 105 cm³/mol. The molecule has 2 heterocycles. The minimum atomic E-state index is -3.53. The Hall–Kier alpha value is -2.35. The summed E-state index contributed by atoms with van der Waals surface area (Å²) in [5.41, 5.74) is -1.21. The van der Waals surface area contributed by atoms with E-state index in [1.165, 1.54) is 6.92 Å². The molecule has 5 nitrogen and oxygen atoms in total. The maximum atomic E-state index is 15.2. The number of carbonyl (C=O) groups is 1. The topological polar surface area (TPSA) is 59.0 Å². The molecule has 2 saturated heterocycles. The van der Waals surface area contributed by atoms with Gasteiger partial charge in [0.2, 0.25) is 5.72 Å². The maximum Gasteiger partial charge on any atom is 0.300 e. The average Bonchev–Trinajstić information content (AvgIpc) is 2.97. The van der Waals surface area contributed by atoms with Crippen molar-refractivity contribution in [2.75, 3.05) is 6.54 Å². The van der Waals surface area contributed by atoms with E-state index in [0.717, 1.165) is 16.0 Å². The van der Waals surface area contributed by atoms with Crippen LogP contribution in [0.4, 0.5) is 8.78 Å². The Morgan fingerprint density at radius 2 is 1.53 bits per heavy atom. The first-order valence-electron chi connectivity index (χ1n) is 10.1. The summed E-state index contributed by atoms with van der Waals surface area (Å²) in [4.78, 5) is 13.9. The highest BCUT2D eigenvalue weighted by Crippen LogP contribution is 2.51. The molecule has 1 N–H and O–H groups in total. The number of hydrogen-bond donors (Lipinski definition) is 1. The number of halogens is 2. The smallest absolute Gasteiger partial charge is 0.300 e. The number of carbonyl (C=O) groups excluding carboxylic acids is 1. The Morgan fingerprint density at radius 1 is 1.00 bits per heavy atom. The molecule has 2 aliphatic rings. The molecule has 4 atom stereocenters. The molecule has 160 valence electrons. The molecule has 0 aliphatic carbocycles. The Morgan fingerprint density at radius 3 is 2.10 bits per heavy atom. The number of benzene rings is 2. The minimum Gasteiger partial charge on any atom is -0.365 e. The van der Waals surface area contributed by atoms with Gasteiger partial charge < -0.3 is 19.5 Å². The van der Waals surface area contributed by atoms with Gasteiger partial charge in [0.05, 0.1) is 13.2 Å². The molecule has 0 spiro atoms. The summed E-state index contributed by atoms with van der Waals surface area (Å²) >= 11 is 0. The second kappa shape index (κ2) is 8.06. The molecule has 1 amide bonds. The number of alkyl halides is 2. The van der Waals surface area contributed by atoms with Crippen molar-refractivity contribution in [1.82, 2.24) is 4.90 Å². The third kappa shape index (κ3) is 3.41. The lowest BCUT2D eigenvalue weighted by Gasteiger charge is -2.48. The van der Waals surface area contributed by atoms with Gasteiger partial charge in [0.1, 0.15) is 6.10 Å². The second-order valence-electron chi connectivity index (χ2n) is 7.96. The number of fused-ring (bicyclic) bond motifs is 1. The molecule has 4 rings (SSSR count). The first kappa shape index (κ1) is 20.9. The molecular weight excluding hydrogens is 392 g/mol. The first-order chi connectivity index (χ1) is 14.4. The molecule has 2 fully saturated rings. The molecule has 0 unspecified atom stereocenters. The van der Waals surface area contributed by atoms with Crippen LogP contribution in [-0.4, -0.2) is 46.3 Å². The molecule has 0 aromatic heterocycles. The predicted octanol–water partition coefficient (Wildman–Crippen LogP) is 3.36. The fourth-order valence-electron chi connectivity index (χ4n) is 4.22. The van der Waals surface area contributed by atoms with Crippen molar-refractivity contribution in [3.63, 3.8) is 0 Å². The van der Waals surface area contributed by atoms with E-state index >= 15 is 8.78 Å². The fourth-order valence-corrected chi connectivity index (χ4v) is 4.22. The van der Waals surface area contributed by atoms with E-state index < -0.39 is 35.7 Å². The van der Waals surface area contributed by atoms with Crippen molar-refractivity contribution in [2.45, 2.75) is 50.4 Å². The van der Waals surface area contributed by atoms with Crippen LogP contribution in [0.5, 0.6) is 0 Å². The summed E-state index contributed by atoms with van der Waals surface area (Å²) in [6.07, 6.45) is -2.75. The van der Waals surface area contributed by atoms with Gasteiger partial charge in [-0.3, -0.25) is 4.79 Å². The van der Waals surface area contributed by atoms with E-state index in [0.29, 0.717) is 0 Å². The lowest BCUT2D eigenvalue weighted by molar-refractivity contribution is -0.316. The van der Waals surface area contributed by atoms with Crippen molar-refractivity contribution < 1.29 is 28.2 Å². The Labute approximate surface area is 174 Å². The van der Waals surface area contributed by atoms with Crippen LogP contribution in [0.25, 0.3) is 0 Å². The van der Waals surface area contributed by atoms with Gasteiger partial charge in [-0.15, -0.1) is 0 Å². The summed E-state index contributed by atoms with van der Waals surface area (Å²) in [6, 6.07) is 18.2. The molecule has 2 aromatic carbocycles. The second-order valence-corrected chi connectivity index (χ2v) is 7.96. The number of amides is 1. The van der Waals surface area contributed by atoms with Crippen LogP contribution in [0.3, 0.4) is 0 Å². The lowest BCUT2D eigenvalue weighted by Crippen LogP contribution is -2.69. The van der Waals surface area contributed by atoms with E-state index in [1.807, 2.05) is 36.4 Å². The van der Waals surface area contributed by atoms with Gasteiger partial charge in [-0.2, -0.15) is 0 Å².